The minimum Gasteiger partial charge on any atom is -0.481 e. The molecule has 2 amide bonds. The van der Waals surface area contributed by atoms with Gasteiger partial charge in [-0.15, -0.1) is 0 Å². The molecule has 4 rings (SSSR count). The van der Waals surface area contributed by atoms with Crippen LogP contribution in [-0.4, -0.2) is 34.8 Å². The van der Waals surface area contributed by atoms with Gasteiger partial charge in [0, 0.05) is 30.4 Å². The summed E-state index contributed by atoms with van der Waals surface area (Å²) in [4.78, 5) is 31.1. The fraction of sp³-hybridized carbons (Fsp3) is 0.261. The van der Waals surface area contributed by atoms with Crippen LogP contribution < -0.4 is 10.1 Å². The van der Waals surface area contributed by atoms with Crippen molar-refractivity contribution in [1.82, 2.24) is 15.2 Å². The van der Waals surface area contributed by atoms with Crippen molar-refractivity contribution in [3.8, 4) is 5.88 Å². The molecule has 3 aromatic rings. The van der Waals surface area contributed by atoms with Gasteiger partial charge in [-0.2, -0.15) is 0 Å². The number of nitrogens with one attached hydrogen (secondary N) is 1. The van der Waals surface area contributed by atoms with E-state index >= 15 is 0 Å². The Morgan fingerprint density at radius 3 is 2.47 bits per heavy atom. The van der Waals surface area contributed by atoms with Crippen LogP contribution in [0.15, 0.2) is 65.4 Å². The van der Waals surface area contributed by atoms with Crippen LogP contribution in [0.3, 0.4) is 0 Å². The van der Waals surface area contributed by atoms with Gasteiger partial charge < -0.3 is 19.4 Å². The Hall–Kier alpha value is -3.61. The second kappa shape index (κ2) is 8.82. The van der Waals surface area contributed by atoms with E-state index in [1.54, 1.807) is 41.5 Å². The summed E-state index contributed by atoms with van der Waals surface area (Å²) in [7, 11) is 1.53. The number of nitrogens with zero attached hydrogens (tertiary/aromatic N) is 2. The van der Waals surface area contributed by atoms with Crippen molar-refractivity contribution in [2.45, 2.75) is 32.0 Å². The highest BCUT2D eigenvalue weighted by Gasteiger charge is 2.24. The lowest BCUT2D eigenvalue weighted by Gasteiger charge is -2.22. The van der Waals surface area contributed by atoms with E-state index in [1.165, 1.54) is 13.3 Å². The number of benzene rings is 1. The molecule has 0 radical (unpaired) electrons. The van der Waals surface area contributed by atoms with Crippen LogP contribution in [0.4, 0.5) is 0 Å². The number of ether oxygens (including phenoxy) is 1. The lowest BCUT2D eigenvalue weighted by molar-refractivity contribution is 0.0717. The molecule has 1 fully saturated rings. The number of amides is 2. The van der Waals surface area contributed by atoms with Crippen LogP contribution in [0.25, 0.3) is 0 Å². The highest BCUT2D eigenvalue weighted by atomic mass is 16.5. The zero-order chi connectivity index (χ0) is 20.9. The predicted octanol–water partition coefficient (Wildman–Crippen LogP) is 3.42. The van der Waals surface area contributed by atoms with Gasteiger partial charge in [-0.25, -0.2) is 4.98 Å². The molecule has 0 unspecified atom stereocenters. The van der Waals surface area contributed by atoms with Crippen molar-refractivity contribution in [1.29, 1.82) is 0 Å². The van der Waals surface area contributed by atoms with Gasteiger partial charge in [0.05, 0.1) is 25.5 Å². The monoisotopic (exact) mass is 405 g/mol. The maximum Gasteiger partial charge on any atom is 0.256 e. The smallest absolute Gasteiger partial charge is 0.256 e. The summed E-state index contributed by atoms with van der Waals surface area (Å²) >= 11 is 0. The van der Waals surface area contributed by atoms with E-state index in [0.29, 0.717) is 41.9 Å². The zero-order valence-electron chi connectivity index (χ0n) is 16.7. The Morgan fingerprint density at radius 2 is 1.87 bits per heavy atom. The number of hydrogen-bond donors (Lipinski definition) is 1. The summed E-state index contributed by atoms with van der Waals surface area (Å²) in [5.41, 5.74) is 2.00. The number of aromatic nitrogens is 1. The van der Waals surface area contributed by atoms with Crippen molar-refractivity contribution >= 4 is 11.8 Å². The third-order valence-corrected chi connectivity index (χ3v) is 4.91. The standard InChI is InChI=1S/C23H23N3O4/c1-29-21-11-8-18(13-24-21)23(28)26(15-20-3-2-12-30-20)14-16-4-6-17(7-5-16)22(27)25-19-9-10-19/h2-8,11-13,19H,9-10,14-15H2,1H3,(H,25,27). The molecule has 0 saturated heterocycles. The first-order valence-corrected chi connectivity index (χ1v) is 9.84. The highest BCUT2D eigenvalue weighted by Crippen LogP contribution is 2.20. The normalized spacial score (nSPS) is 13.0. The minimum absolute atomic E-state index is 0.0584. The Morgan fingerprint density at radius 1 is 1.10 bits per heavy atom. The molecule has 7 nitrogen and oxygen atoms in total. The molecule has 2 heterocycles. The lowest BCUT2D eigenvalue weighted by Crippen LogP contribution is -2.30. The van der Waals surface area contributed by atoms with Gasteiger partial charge in [0.2, 0.25) is 5.88 Å². The first kappa shape index (κ1) is 19.7. The Balaban J connectivity index is 1.50. The van der Waals surface area contributed by atoms with Crippen molar-refractivity contribution in [2.24, 2.45) is 0 Å². The molecular weight excluding hydrogens is 382 g/mol. The number of pyridine rings is 1. The summed E-state index contributed by atoms with van der Waals surface area (Å²) in [5, 5.41) is 2.98. The molecule has 0 aliphatic heterocycles. The average molecular weight is 405 g/mol. The zero-order valence-corrected chi connectivity index (χ0v) is 16.7. The van der Waals surface area contributed by atoms with Crippen LogP contribution in [0.2, 0.25) is 0 Å². The summed E-state index contributed by atoms with van der Waals surface area (Å²) in [5.74, 6) is 0.906. The Bertz CT molecular complexity index is 994. The molecule has 0 atom stereocenters. The number of furan rings is 1. The van der Waals surface area contributed by atoms with Crippen LogP contribution in [0.5, 0.6) is 5.88 Å². The maximum absolute atomic E-state index is 13.1. The number of methoxy groups -OCH3 is 1. The Kier molecular flexibility index (Phi) is 5.79. The van der Waals surface area contributed by atoms with E-state index in [0.717, 1.165) is 18.4 Å². The van der Waals surface area contributed by atoms with Crippen molar-refractivity contribution in [3.05, 3.63) is 83.4 Å². The maximum atomic E-state index is 13.1. The van der Waals surface area contributed by atoms with E-state index in [4.69, 9.17) is 9.15 Å². The minimum atomic E-state index is -0.169. The largest absolute Gasteiger partial charge is 0.481 e. The molecule has 0 bridgehead atoms. The lowest BCUT2D eigenvalue weighted by atomic mass is 10.1. The fourth-order valence-electron chi connectivity index (χ4n) is 3.08. The number of carbonyl (C=O) groups is 2. The van der Waals surface area contributed by atoms with Gasteiger partial charge in [0.1, 0.15) is 5.76 Å². The van der Waals surface area contributed by atoms with Crippen molar-refractivity contribution in [3.63, 3.8) is 0 Å². The molecule has 0 spiro atoms. The van der Waals surface area contributed by atoms with Gasteiger partial charge in [-0.05, 0) is 48.7 Å². The summed E-state index contributed by atoms with van der Waals surface area (Å²) in [6.07, 6.45) is 5.18. The van der Waals surface area contributed by atoms with Crippen LogP contribution in [0.1, 0.15) is 44.9 Å². The third-order valence-electron chi connectivity index (χ3n) is 4.91. The first-order valence-electron chi connectivity index (χ1n) is 9.84. The molecule has 30 heavy (non-hydrogen) atoms. The van der Waals surface area contributed by atoms with E-state index < -0.39 is 0 Å². The number of carbonyl (C=O) groups excluding carboxylic acids is 2. The van der Waals surface area contributed by atoms with Crippen LogP contribution in [0, 0.1) is 0 Å². The molecular formula is C23H23N3O4. The van der Waals surface area contributed by atoms with E-state index in [-0.39, 0.29) is 11.8 Å². The molecule has 154 valence electrons. The molecule has 1 aromatic carbocycles. The molecule has 1 saturated carbocycles. The van der Waals surface area contributed by atoms with Crippen molar-refractivity contribution in [2.75, 3.05) is 7.11 Å². The van der Waals surface area contributed by atoms with Gasteiger partial charge in [0.25, 0.3) is 11.8 Å². The first-order chi connectivity index (χ1) is 14.6. The highest BCUT2D eigenvalue weighted by molar-refractivity contribution is 5.95. The third kappa shape index (κ3) is 4.86. The van der Waals surface area contributed by atoms with E-state index in [9.17, 15) is 9.59 Å². The topological polar surface area (TPSA) is 84.7 Å². The average Bonchev–Trinajstić information content (AvgIpc) is 3.44. The molecule has 1 aliphatic carbocycles. The van der Waals surface area contributed by atoms with Crippen LogP contribution in [-0.2, 0) is 13.1 Å². The van der Waals surface area contributed by atoms with E-state index in [1.807, 2.05) is 18.2 Å². The van der Waals surface area contributed by atoms with Gasteiger partial charge >= 0.3 is 0 Å². The number of hydrogen-bond acceptors (Lipinski definition) is 5. The molecule has 1 aliphatic rings. The number of rotatable bonds is 8. The van der Waals surface area contributed by atoms with Gasteiger partial charge in [-0.3, -0.25) is 9.59 Å². The molecule has 7 heteroatoms. The second-order valence-corrected chi connectivity index (χ2v) is 7.27. The second-order valence-electron chi connectivity index (χ2n) is 7.27. The van der Waals surface area contributed by atoms with Crippen LogP contribution >= 0.6 is 0 Å². The summed E-state index contributed by atoms with van der Waals surface area (Å²) in [6.45, 7) is 0.692. The van der Waals surface area contributed by atoms with Crippen molar-refractivity contribution < 1.29 is 18.7 Å². The predicted molar refractivity (Wildman–Crippen MR) is 110 cm³/mol. The summed E-state index contributed by atoms with van der Waals surface area (Å²) < 4.78 is 10.5. The fourth-order valence-corrected chi connectivity index (χ4v) is 3.08. The molecule has 2 aromatic heterocycles. The van der Waals surface area contributed by atoms with Gasteiger partial charge in [0.15, 0.2) is 0 Å². The van der Waals surface area contributed by atoms with E-state index in [2.05, 4.69) is 10.3 Å². The Labute approximate surface area is 174 Å². The quantitative estimate of drug-likeness (QED) is 0.621. The van der Waals surface area contributed by atoms with Gasteiger partial charge in [-0.1, -0.05) is 12.1 Å². The SMILES string of the molecule is COc1ccc(C(=O)N(Cc2ccc(C(=O)NC3CC3)cc2)Cc2ccco2)cn1. The molecule has 1 N–H and O–H groups in total. The summed E-state index contributed by atoms with van der Waals surface area (Å²) in [6, 6.07) is 14.6.